The normalized spacial score (nSPS) is 15.2. The molecule has 6 heteroatoms. The van der Waals surface area contributed by atoms with Crippen LogP contribution in [0.1, 0.15) is 34.9 Å². The number of piperidine rings is 1. The number of likely N-dealkylation sites (tertiary alicyclic amines) is 1. The summed E-state index contributed by atoms with van der Waals surface area (Å²) in [6.07, 6.45) is 3.46. The zero-order chi connectivity index (χ0) is 17.9. The number of hydrogen-bond acceptors (Lipinski definition) is 3. The Morgan fingerprint density at radius 2 is 1.88 bits per heavy atom. The summed E-state index contributed by atoms with van der Waals surface area (Å²) in [7, 11) is 0. The highest BCUT2D eigenvalue weighted by atomic mass is 35.5. The smallest absolute Gasteiger partial charge is 0.272 e. The third-order valence-corrected chi connectivity index (χ3v) is 5.18. The number of hydrogen-bond donors (Lipinski definition) is 1. The Kier molecular flexibility index (Phi) is 4.71. The van der Waals surface area contributed by atoms with Gasteiger partial charge in [-0.1, -0.05) is 35.9 Å². The van der Waals surface area contributed by atoms with E-state index in [1.165, 1.54) is 0 Å². The van der Waals surface area contributed by atoms with Gasteiger partial charge in [-0.25, -0.2) is 0 Å². The molecule has 3 aromatic rings. The lowest BCUT2D eigenvalue weighted by Crippen LogP contribution is -2.38. The summed E-state index contributed by atoms with van der Waals surface area (Å²) in [6, 6.07) is 15.2. The number of nitrogens with one attached hydrogen (secondary N) is 1. The summed E-state index contributed by atoms with van der Waals surface area (Å²) in [5.74, 6) is 0.372. The highest BCUT2D eigenvalue weighted by Crippen LogP contribution is 2.31. The van der Waals surface area contributed by atoms with Gasteiger partial charge in [0.15, 0.2) is 0 Å². The molecule has 0 unspecified atom stereocenters. The summed E-state index contributed by atoms with van der Waals surface area (Å²) in [5.41, 5.74) is 3.40. The van der Waals surface area contributed by atoms with Gasteiger partial charge in [0, 0.05) is 36.5 Å². The average Bonchev–Trinajstić information content (AvgIpc) is 3.18. The molecule has 132 valence electrons. The largest absolute Gasteiger partial charge is 0.337 e. The first-order chi connectivity index (χ1) is 12.7. The van der Waals surface area contributed by atoms with Crippen molar-refractivity contribution in [3.63, 3.8) is 0 Å². The van der Waals surface area contributed by atoms with Crippen LogP contribution in [0.3, 0.4) is 0 Å². The van der Waals surface area contributed by atoms with Gasteiger partial charge >= 0.3 is 0 Å². The van der Waals surface area contributed by atoms with Crippen LogP contribution in [0.4, 0.5) is 0 Å². The first-order valence-electron chi connectivity index (χ1n) is 8.73. The molecule has 0 radical (unpaired) electrons. The predicted molar refractivity (Wildman–Crippen MR) is 101 cm³/mol. The van der Waals surface area contributed by atoms with Crippen LogP contribution < -0.4 is 0 Å². The molecule has 1 aromatic carbocycles. The molecular formula is C20H19ClN4O. The third-order valence-electron chi connectivity index (χ3n) is 4.85. The van der Waals surface area contributed by atoms with Gasteiger partial charge in [-0.05, 0) is 37.1 Å². The van der Waals surface area contributed by atoms with Crippen LogP contribution in [0.2, 0.25) is 5.02 Å². The summed E-state index contributed by atoms with van der Waals surface area (Å²) in [5, 5.41) is 8.27. The van der Waals surface area contributed by atoms with E-state index in [4.69, 9.17) is 11.6 Å². The molecule has 5 nitrogen and oxygen atoms in total. The molecule has 3 heterocycles. The highest BCUT2D eigenvalue weighted by Gasteiger charge is 2.26. The fourth-order valence-electron chi connectivity index (χ4n) is 3.40. The predicted octanol–water partition coefficient (Wildman–Crippen LogP) is 4.14. The number of amides is 1. The van der Waals surface area contributed by atoms with E-state index in [2.05, 4.69) is 21.2 Å². The summed E-state index contributed by atoms with van der Waals surface area (Å²) in [6.45, 7) is 1.45. The molecule has 0 saturated carbocycles. The monoisotopic (exact) mass is 366 g/mol. The Balaban J connectivity index is 1.43. The summed E-state index contributed by atoms with van der Waals surface area (Å²) in [4.78, 5) is 18.5. The number of nitrogens with zero attached hydrogens (tertiary/aromatic N) is 3. The maximum absolute atomic E-state index is 12.5. The lowest BCUT2D eigenvalue weighted by atomic mass is 9.93. The van der Waals surface area contributed by atoms with E-state index < -0.39 is 0 Å². The highest BCUT2D eigenvalue weighted by molar-refractivity contribution is 6.33. The summed E-state index contributed by atoms with van der Waals surface area (Å²) < 4.78 is 0. The van der Waals surface area contributed by atoms with Crippen LogP contribution in [-0.4, -0.2) is 39.1 Å². The molecule has 1 N–H and O–H groups in total. The van der Waals surface area contributed by atoms with Crippen LogP contribution in [0.5, 0.6) is 0 Å². The van der Waals surface area contributed by atoms with Crippen molar-refractivity contribution in [1.82, 2.24) is 20.1 Å². The molecule has 4 rings (SSSR count). The molecule has 26 heavy (non-hydrogen) atoms. The number of carbonyl (C=O) groups is 1. The standard InChI is InChI=1S/C20H19ClN4O/c21-16-6-2-1-5-15(16)19-13-18(23-24-19)14-8-11-25(12-9-14)20(26)17-7-3-4-10-22-17/h1-7,10,13-14H,8-9,11-12H2,(H,23,24). The SMILES string of the molecule is O=C(c1ccccn1)N1CCC(c2cc(-c3ccccc3Cl)n[nH]2)CC1. The van der Waals surface area contributed by atoms with Gasteiger partial charge in [0.1, 0.15) is 5.69 Å². The van der Waals surface area contributed by atoms with Gasteiger partial charge in [0.2, 0.25) is 0 Å². The van der Waals surface area contributed by atoms with Gasteiger partial charge in [0.25, 0.3) is 5.91 Å². The van der Waals surface area contributed by atoms with Crippen LogP contribution in [0, 0.1) is 0 Å². The number of aromatic amines is 1. The first kappa shape index (κ1) is 16.8. The van der Waals surface area contributed by atoms with Gasteiger partial charge in [-0.3, -0.25) is 14.9 Å². The summed E-state index contributed by atoms with van der Waals surface area (Å²) >= 11 is 6.26. The van der Waals surface area contributed by atoms with Gasteiger partial charge < -0.3 is 4.90 Å². The molecular weight excluding hydrogens is 348 g/mol. The van der Waals surface area contributed by atoms with Crippen molar-refractivity contribution in [1.29, 1.82) is 0 Å². The van der Waals surface area contributed by atoms with E-state index in [1.807, 2.05) is 41.3 Å². The minimum absolute atomic E-state index is 0.00502. The quantitative estimate of drug-likeness (QED) is 0.757. The van der Waals surface area contributed by atoms with E-state index >= 15 is 0 Å². The van der Waals surface area contributed by atoms with Gasteiger partial charge in [-0.2, -0.15) is 5.10 Å². The maximum Gasteiger partial charge on any atom is 0.272 e. The number of aromatic nitrogens is 3. The number of H-pyrrole nitrogens is 1. The Bertz CT molecular complexity index is 901. The van der Waals surface area contributed by atoms with Gasteiger partial charge in [0.05, 0.1) is 10.7 Å². The molecule has 0 aliphatic carbocycles. The molecule has 1 aliphatic rings. The average molecular weight is 367 g/mol. The van der Waals surface area contributed by atoms with Crippen molar-refractivity contribution in [3.05, 3.63) is 71.1 Å². The molecule has 0 spiro atoms. The Hall–Kier alpha value is -2.66. The number of halogens is 1. The Morgan fingerprint density at radius 3 is 2.62 bits per heavy atom. The van der Waals surface area contributed by atoms with Crippen LogP contribution >= 0.6 is 11.6 Å². The second kappa shape index (κ2) is 7.30. The minimum Gasteiger partial charge on any atom is -0.337 e. The second-order valence-electron chi connectivity index (χ2n) is 6.47. The van der Waals surface area contributed by atoms with Crippen molar-refractivity contribution in [2.24, 2.45) is 0 Å². The van der Waals surface area contributed by atoms with Crippen molar-refractivity contribution in [2.45, 2.75) is 18.8 Å². The lowest BCUT2D eigenvalue weighted by molar-refractivity contribution is 0.0706. The van der Waals surface area contributed by atoms with Crippen LogP contribution in [-0.2, 0) is 0 Å². The molecule has 1 fully saturated rings. The number of carbonyl (C=O) groups excluding carboxylic acids is 1. The molecule has 1 aliphatic heterocycles. The number of rotatable bonds is 3. The van der Waals surface area contributed by atoms with E-state index in [1.54, 1.807) is 12.3 Å². The molecule has 0 atom stereocenters. The molecule has 1 amide bonds. The molecule has 1 saturated heterocycles. The van der Waals surface area contributed by atoms with Gasteiger partial charge in [-0.15, -0.1) is 0 Å². The van der Waals surface area contributed by atoms with Crippen molar-refractivity contribution >= 4 is 17.5 Å². The maximum atomic E-state index is 12.5. The van der Waals surface area contributed by atoms with E-state index in [-0.39, 0.29) is 5.91 Å². The number of benzene rings is 1. The first-order valence-corrected chi connectivity index (χ1v) is 9.10. The van der Waals surface area contributed by atoms with E-state index in [9.17, 15) is 4.79 Å². The van der Waals surface area contributed by atoms with Crippen LogP contribution in [0.15, 0.2) is 54.7 Å². The fourth-order valence-corrected chi connectivity index (χ4v) is 3.63. The minimum atomic E-state index is 0.00502. The second-order valence-corrected chi connectivity index (χ2v) is 6.88. The molecule has 0 bridgehead atoms. The third kappa shape index (κ3) is 3.35. The van der Waals surface area contributed by atoms with Crippen LogP contribution in [0.25, 0.3) is 11.3 Å². The van der Waals surface area contributed by atoms with Crippen molar-refractivity contribution in [3.8, 4) is 11.3 Å². The van der Waals surface area contributed by atoms with E-state index in [0.717, 1.165) is 42.9 Å². The lowest BCUT2D eigenvalue weighted by Gasteiger charge is -2.31. The topological polar surface area (TPSA) is 61.9 Å². The van der Waals surface area contributed by atoms with E-state index in [0.29, 0.717) is 16.6 Å². The zero-order valence-electron chi connectivity index (χ0n) is 14.2. The fraction of sp³-hybridized carbons (Fsp3) is 0.250. The number of pyridine rings is 1. The van der Waals surface area contributed by atoms with Crippen molar-refractivity contribution < 1.29 is 4.79 Å². The van der Waals surface area contributed by atoms with Crippen molar-refractivity contribution in [2.75, 3.05) is 13.1 Å². The molecule has 2 aromatic heterocycles. The Labute approximate surface area is 157 Å². The zero-order valence-corrected chi connectivity index (χ0v) is 15.0. The Morgan fingerprint density at radius 1 is 1.12 bits per heavy atom.